The zero-order valence-electron chi connectivity index (χ0n) is 13.3. The fourth-order valence-corrected chi connectivity index (χ4v) is 3.16. The van der Waals surface area contributed by atoms with Crippen LogP contribution in [0.5, 0.6) is 5.75 Å². The zero-order valence-corrected chi connectivity index (χ0v) is 13.3. The number of hydrogen-bond donors (Lipinski definition) is 1. The molecule has 3 aromatic rings. The summed E-state index contributed by atoms with van der Waals surface area (Å²) >= 11 is 0. The van der Waals surface area contributed by atoms with E-state index in [-0.39, 0.29) is 0 Å². The van der Waals surface area contributed by atoms with E-state index in [1.54, 1.807) is 6.20 Å². The van der Waals surface area contributed by atoms with E-state index in [2.05, 4.69) is 16.4 Å². The summed E-state index contributed by atoms with van der Waals surface area (Å²) in [6.07, 6.45) is 5.75. The number of fused-ring (bicyclic) bond motifs is 2. The summed E-state index contributed by atoms with van der Waals surface area (Å²) < 4.78 is 5.42. The number of rotatable bonds is 2. The first-order chi connectivity index (χ1) is 11.8. The molecule has 0 atom stereocenters. The zero-order chi connectivity index (χ0) is 16.4. The maximum absolute atomic E-state index is 12.1. The molecule has 2 aromatic carbocycles. The number of amides is 1. The van der Waals surface area contributed by atoms with Gasteiger partial charge in [-0.25, -0.2) is 4.79 Å². The largest absolute Gasteiger partial charge is 0.417 e. The fraction of sp³-hybridized carbons (Fsp3) is 0.200. The molecule has 1 aromatic heterocycles. The molecule has 0 saturated heterocycles. The first-order valence-corrected chi connectivity index (χ1v) is 8.23. The van der Waals surface area contributed by atoms with Gasteiger partial charge in [0, 0.05) is 5.39 Å². The monoisotopic (exact) mass is 318 g/mol. The van der Waals surface area contributed by atoms with Crippen LogP contribution < -0.4 is 10.1 Å². The number of nitrogens with one attached hydrogen (secondary N) is 1. The molecule has 0 bridgehead atoms. The van der Waals surface area contributed by atoms with E-state index in [0.29, 0.717) is 11.4 Å². The Morgan fingerprint density at radius 2 is 1.83 bits per heavy atom. The van der Waals surface area contributed by atoms with Gasteiger partial charge in [0.05, 0.1) is 17.4 Å². The van der Waals surface area contributed by atoms with Crippen LogP contribution in [-0.4, -0.2) is 11.1 Å². The van der Waals surface area contributed by atoms with Crippen LogP contribution >= 0.6 is 0 Å². The first kappa shape index (κ1) is 14.7. The van der Waals surface area contributed by atoms with Crippen LogP contribution in [0, 0.1) is 0 Å². The van der Waals surface area contributed by atoms with E-state index in [9.17, 15) is 4.79 Å². The second kappa shape index (κ2) is 6.32. The van der Waals surface area contributed by atoms with Gasteiger partial charge in [-0.3, -0.25) is 10.3 Å². The van der Waals surface area contributed by atoms with Gasteiger partial charge in [0.1, 0.15) is 5.75 Å². The van der Waals surface area contributed by atoms with Gasteiger partial charge >= 0.3 is 6.09 Å². The minimum atomic E-state index is -0.497. The molecule has 0 spiro atoms. The number of hydrogen-bond acceptors (Lipinski definition) is 3. The number of aromatic nitrogens is 1. The SMILES string of the molecule is O=C(Nc1cnc2ccccc2c1)Oc1ccc2c(c1)CCCC2. The Bertz CT molecular complexity index is 905. The number of pyridine rings is 1. The number of anilines is 1. The van der Waals surface area contributed by atoms with Crippen molar-refractivity contribution in [3.63, 3.8) is 0 Å². The van der Waals surface area contributed by atoms with Crippen LogP contribution in [0.15, 0.2) is 54.7 Å². The van der Waals surface area contributed by atoms with Gasteiger partial charge in [-0.05, 0) is 61.1 Å². The third-order valence-electron chi connectivity index (χ3n) is 4.37. The number of benzene rings is 2. The van der Waals surface area contributed by atoms with Gasteiger partial charge in [-0.15, -0.1) is 0 Å². The molecule has 4 heteroatoms. The summed E-state index contributed by atoms with van der Waals surface area (Å²) in [5.74, 6) is 0.585. The minimum absolute atomic E-state index is 0.497. The average Bonchev–Trinajstić information content (AvgIpc) is 2.61. The van der Waals surface area contributed by atoms with E-state index in [0.717, 1.165) is 23.7 Å². The molecule has 1 aliphatic rings. The Labute approximate surface area is 140 Å². The van der Waals surface area contributed by atoms with Crippen molar-refractivity contribution >= 4 is 22.7 Å². The Kier molecular flexibility index (Phi) is 3.87. The highest BCUT2D eigenvalue weighted by Crippen LogP contribution is 2.25. The van der Waals surface area contributed by atoms with Crippen molar-refractivity contribution in [2.45, 2.75) is 25.7 Å². The Morgan fingerprint density at radius 1 is 1.00 bits per heavy atom. The van der Waals surface area contributed by atoms with Crippen molar-refractivity contribution in [3.8, 4) is 5.75 Å². The molecule has 1 heterocycles. The number of ether oxygens (including phenoxy) is 1. The lowest BCUT2D eigenvalue weighted by molar-refractivity contribution is 0.215. The van der Waals surface area contributed by atoms with E-state index < -0.39 is 6.09 Å². The highest BCUT2D eigenvalue weighted by Gasteiger charge is 2.12. The summed E-state index contributed by atoms with van der Waals surface area (Å²) in [5.41, 5.74) is 4.18. The predicted molar refractivity (Wildman–Crippen MR) is 94.5 cm³/mol. The quantitative estimate of drug-likeness (QED) is 0.743. The van der Waals surface area contributed by atoms with Crippen molar-refractivity contribution in [2.75, 3.05) is 5.32 Å². The number of nitrogens with zero attached hydrogens (tertiary/aromatic N) is 1. The molecular weight excluding hydrogens is 300 g/mol. The smallest absolute Gasteiger partial charge is 0.410 e. The van der Waals surface area contributed by atoms with Gasteiger partial charge < -0.3 is 4.74 Å². The lowest BCUT2D eigenvalue weighted by atomic mass is 9.92. The summed E-state index contributed by atoms with van der Waals surface area (Å²) in [4.78, 5) is 16.5. The van der Waals surface area contributed by atoms with Gasteiger partial charge in [0.2, 0.25) is 0 Å². The molecule has 0 aliphatic heterocycles. The number of para-hydroxylation sites is 1. The van der Waals surface area contributed by atoms with Crippen molar-refractivity contribution in [1.82, 2.24) is 4.98 Å². The molecule has 0 unspecified atom stereocenters. The number of carbonyl (C=O) groups excluding carboxylic acids is 1. The van der Waals surface area contributed by atoms with E-state index in [4.69, 9.17) is 4.74 Å². The molecular formula is C20H18N2O2. The molecule has 0 saturated carbocycles. The van der Waals surface area contributed by atoms with Crippen LogP contribution in [0.1, 0.15) is 24.0 Å². The molecule has 0 fully saturated rings. The van der Waals surface area contributed by atoms with E-state index in [1.165, 1.54) is 24.0 Å². The van der Waals surface area contributed by atoms with Gasteiger partial charge in [-0.1, -0.05) is 24.3 Å². The average molecular weight is 318 g/mol. The number of carbonyl (C=O) groups is 1. The molecule has 120 valence electrons. The topological polar surface area (TPSA) is 51.2 Å². The third-order valence-corrected chi connectivity index (χ3v) is 4.37. The molecule has 1 N–H and O–H groups in total. The highest BCUT2D eigenvalue weighted by atomic mass is 16.6. The summed E-state index contributed by atoms with van der Waals surface area (Å²) in [6.45, 7) is 0. The normalized spacial score (nSPS) is 13.3. The summed E-state index contributed by atoms with van der Waals surface area (Å²) in [5, 5.41) is 3.71. The van der Waals surface area contributed by atoms with E-state index >= 15 is 0 Å². The van der Waals surface area contributed by atoms with Gasteiger partial charge in [0.15, 0.2) is 0 Å². The van der Waals surface area contributed by atoms with Crippen LogP contribution in [0.4, 0.5) is 10.5 Å². The lowest BCUT2D eigenvalue weighted by Crippen LogP contribution is -2.17. The maximum atomic E-state index is 12.1. The van der Waals surface area contributed by atoms with E-state index in [1.807, 2.05) is 42.5 Å². The highest BCUT2D eigenvalue weighted by molar-refractivity contribution is 5.90. The predicted octanol–water partition coefficient (Wildman–Crippen LogP) is 4.72. The lowest BCUT2D eigenvalue weighted by Gasteiger charge is -2.16. The maximum Gasteiger partial charge on any atom is 0.417 e. The molecule has 1 aliphatic carbocycles. The van der Waals surface area contributed by atoms with Gasteiger partial charge in [-0.2, -0.15) is 0 Å². The minimum Gasteiger partial charge on any atom is -0.410 e. The standard InChI is InChI=1S/C20H18N2O2/c23-20(22-17-11-16-7-3-4-8-19(16)21-13-17)24-18-10-9-14-5-1-2-6-15(14)12-18/h3-4,7-13H,1-2,5-6H2,(H,22,23). The van der Waals surface area contributed by atoms with Crippen LogP contribution in [0.25, 0.3) is 10.9 Å². The van der Waals surface area contributed by atoms with Gasteiger partial charge in [0.25, 0.3) is 0 Å². The Hall–Kier alpha value is -2.88. The van der Waals surface area contributed by atoms with Crippen LogP contribution in [0.3, 0.4) is 0 Å². The van der Waals surface area contributed by atoms with Crippen LogP contribution in [-0.2, 0) is 12.8 Å². The fourth-order valence-electron chi connectivity index (χ4n) is 3.16. The Morgan fingerprint density at radius 3 is 2.75 bits per heavy atom. The molecule has 0 radical (unpaired) electrons. The summed E-state index contributed by atoms with van der Waals surface area (Å²) in [7, 11) is 0. The van der Waals surface area contributed by atoms with Crippen molar-refractivity contribution < 1.29 is 9.53 Å². The van der Waals surface area contributed by atoms with Crippen LogP contribution in [0.2, 0.25) is 0 Å². The summed E-state index contributed by atoms with van der Waals surface area (Å²) in [6, 6.07) is 15.6. The second-order valence-electron chi connectivity index (χ2n) is 6.07. The first-order valence-electron chi connectivity index (χ1n) is 8.23. The molecule has 1 amide bonds. The second-order valence-corrected chi connectivity index (χ2v) is 6.07. The van der Waals surface area contributed by atoms with Crippen molar-refractivity contribution in [3.05, 3.63) is 65.9 Å². The third kappa shape index (κ3) is 3.08. The molecule has 24 heavy (non-hydrogen) atoms. The van der Waals surface area contributed by atoms with Crippen molar-refractivity contribution in [2.24, 2.45) is 0 Å². The Balaban J connectivity index is 1.47. The molecule has 4 rings (SSSR count). The molecule has 4 nitrogen and oxygen atoms in total. The number of aryl methyl sites for hydroxylation is 2. The van der Waals surface area contributed by atoms with Crippen molar-refractivity contribution in [1.29, 1.82) is 0 Å².